The van der Waals surface area contributed by atoms with E-state index in [1.54, 1.807) is 14.0 Å². The van der Waals surface area contributed by atoms with Gasteiger partial charge in [0.15, 0.2) is 11.8 Å². The normalized spacial score (nSPS) is 17.9. The molecule has 1 saturated heterocycles. The van der Waals surface area contributed by atoms with E-state index in [4.69, 9.17) is 9.26 Å². The van der Waals surface area contributed by atoms with Gasteiger partial charge in [0, 0.05) is 27.1 Å². The molecule has 1 atom stereocenters. The number of aromatic nitrogens is 2. The largest absolute Gasteiger partial charge is 0.444 e. The monoisotopic (exact) mass is 466 g/mol. The topological polar surface area (TPSA) is 105 Å². The molecule has 0 bridgehead atoms. The summed E-state index contributed by atoms with van der Waals surface area (Å²) in [4.78, 5) is 22.3. The first-order valence-electron chi connectivity index (χ1n) is 8.01. The third-order valence-corrected chi connectivity index (χ3v) is 3.39. The Bertz CT molecular complexity index is 598. The second-order valence-corrected chi connectivity index (χ2v) is 6.71. The van der Waals surface area contributed by atoms with Crippen LogP contribution in [0.1, 0.15) is 38.9 Å². The third-order valence-electron chi connectivity index (χ3n) is 3.39. The highest BCUT2D eigenvalue weighted by atomic mass is 127. The van der Waals surface area contributed by atoms with E-state index in [2.05, 4.69) is 30.7 Å². The van der Waals surface area contributed by atoms with Gasteiger partial charge < -0.3 is 24.8 Å². The standard InChI is InChI=1S/C15H26N6O3.HI/c1-10-18-12(20-24-10)8-17-13(16-5)21-7-6-11(9-21)19-14(22)23-15(2,3)4;/h11H,6-9H2,1-5H3,(H,16,17)(H,19,22);1H. The molecular weight excluding hydrogens is 439 g/mol. The zero-order chi connectivity index (χ0) is 17.7. The van der Waals surface area contributed by atoms with E-state index in [0.717, 1.165) is 18.9 Å². The first kappa shape index (κ1) is 21.5. The van der Waals surface area contributed by atoms with E-state index in [9.17, 15) is 4.79 Å². The zero-order valence-corrected chi connectivity index (χ0v) is 17.7. The van der Waals surface area contributed by atoms with Gasteiger partial charge in [-0.15, -0.1) is 24.0 Å². The molecule has 9 nitrogen and oxygen atoms in total. The lowest BCUT2D eigenvalue weighted by Crippen LogP contribution is -2.44. The van der Waals surface area contributed by atoms with E-state index in [1.165, 1.54) is 0 Å². The van der Waals surface area contributed by atoms with Gasteiger partial charge in [-0.2, -0.15) is 4.98 Å². The Morgan fingerprint density at radius 2 is 2.20 bits per heavy atom. The molecule has 0 radical (unpaired) electrons. The minimum Gasteiger partial charge on any atom is -0.444 e. The van der Waals surface area contributed by atoms with Crippen LogP contribution in [0.25, 0.3) is 0 Å². The van der Waals surface area contributed by atoms with Crippen molar-refractivity contribution in [1.82, 2.24) is 25.7 Å². The number of aryl methyl sites for hydroxylation is 1. The van der Waals surface area contributed by atoms with Crippen LogP contribution in [-0.4, -0.2) is 58.9 Å². The predicted octanol–water partition coefficient (Wildman–Crippen LogP) is 1.67. The summed E-state index contributed by atoms with van der Waals surface area (Å²) in [6.07, 6.45) is 0.445. The van der Waals surface area contributed by atoms with Crippen molar-refractivity contribution in [3.05, 3.63) is 11.7 Å². The van der Waals surface area contributed by atoms with Gasteiger partial charge in [-0.05, 0) is 27.2 Å². The van der Waals surface area contributed by atoms with Crippen LogP contribution in [0, 0.1) is 6.92 Å². The van der Waals surface area contributed by atoms with Crippen molar-refractivity contribution in [1.29, 1.82) is 0 Å². The van der Waals surface area contributed by atoms with Crippen LogP contribution in [0.4, 0.5) is 4.79 Å². The number of amides is 1. The molecule has 142 valence electrons. The Morgan fingerprint density at radius 3 is 2.76 bits per heavy atom. The van der Waals surface area contributed by atoms with Crippen LogP contribution in [-0.2, 0) is 11.3 Å². The molecule has 10 heteroatoms. The molecule has 2 N–H and O–H groups in total. The fraction of sp³-hybridized carbons (Fsp3) is 0.733. The molecule has 0 spiro atoms. The number of carbonyl (C=O) groups is 1. The van der Waals surface area contributed by atoms with Gasteiger partial charge in [0.2, 0.25) is 5.89 Å². The van der Waals surface area contributed by atoms with E-state index in [-0.39, 0.29) is 36.1 Å². The highest BCUT2D eigenvalue weighted by Gasteiger charge is 2.27. The van der Waals surface area contributed by atoms with Crippen LogP contribution < -0.4 is 10.6 Å². The number of ether oxygens (including phenoxy) is 1. The molecule has 1 fully saturated rings. The summed E-state index contributed by atoms with van der Waals surface area (Å²) in [5.41, 5.74) is -0.497. The van der Waals surface area contributed by atoms with Crippen molar-refractivity contribution in [2.45, 2.75) is 52.3 Å². The number of alkyl carbamates (subject to hydrolysis) is 1. The molecule has 25 heavy (non-hydrogen) atoms. The lowest BCUT2D eigenvalue weighted by atomic mass is 10.2. The Hall–Kier alpha value is -1.59. The second kappa shape index (κ2) is 9.20. The average molecular weight is 466 g/mol. The summed E-state index contributed by atoms with van der Waals surface area (Å²) in [5, 5.41) is 9.94. The number of carbonyl (C=O) groups excluding carboxylic acids is 1. The fourth-order valence-electron chi connectivity index (χ4n) is 2.45. The Balaban J connectivity index is 0.00000312. The van der Waals surface area contributed by atoms with Gasteiger partial charge in [-0.25, -0.2) is 4.79 Å². The summed E-state index contributed by atoms with van der Waals surface area (Å²) in [6, 6.07) is 0.0332. The highest BCUT2D eigenvalue weighted by Crippen LogP contribution is 2.12. The van der Waals surface area contributed by atoms with Crippen molar-refractivity contribution in [2.75, 3.05) is 20.1 Å². The van der Waals surface area contributed by atoms with Crippen molar-refractivity contribution >= 4 is 36.0 Å². The molecular formula is C15H27IN6O3. The number of nitrogens with zero attached hydrogens (tertiary/aromatic N) is 4. The molecule has 1 amide bonds. The maximum atomic E-state index is 11.8. The smallest absolute Gasteiger partial charge is 0.407 e. The Labute approximate surface area is 165 Å². The molecule has 1 aromatic rings. The first-order chi connectivity index (χ1) is 11.3. The van der Waals surface area contributed by atoms with Crippen molar-refractivity contribution < 1.29 is 14.1 Å². The lowest BCUT2D eigenvalue weighted by Gasteiger charge is -2.23. The Kier molecular flexibility index (Phi) is 7.90. The van der Waals surface area contributed by atoms with Crippen LogP contribution in [0.15, 0.2) is 9.52 Å². The summed E-state index contributed by atoms with van der Waals surface area (Å²) >= 11 is 0. The lowest BCUT2D eigenvalue weighted by molar-refractivity contribution is 0.0507. The quantitative estimate of drug-likeness (QED) is 0.397. The number of nitrogens with one attached hydrogen (secondary N) is 2. The molecule has 0 aliphatic carbocycles. The second-order valence-electron chi connectivity index (χ2n) is 6.71. The molecule has 1 aliphatic heterocycles. The van der Waals surface area contributed by atoms with Gasteiger partial charge in [-0.3, -0.25) is 4.99 Å². The van der Waals surface area contributed by atoms with E-state index >= 15 is 0 Å². The average Bonchev–Trinajstić information content (AvgIpc) is 3.07. The molecule has 2 rings (SSSR count). The number of rotatable bonds is 3. The minimum atomic E-state index is -0.497. The molecule has 1 aliphatic rings. The predicted molar refractivity (Wildman–Crippen MR) is 104 cm³/mol. The highest BCUT2D eigenvalue weighted by molar-refractivity contribution is 14.0. The zero-order valence-electron chi connectivity index (χ0n) is 15.3. The van der Waals surface area contributed by atoms with Crippen LogP contribution in [0.5, 0.6) is 0 Å². The molecule has 0 aromatic carbocycles. The third kappa shape index (κ3) is 7.04. The van der Waals surface area contributed by atoms with Crippen molar-refractivity contribution in [3.63, 3.8) is 0 Å². The SMILES string of the molecule is CN=C(NCc1noc(C)n1)N1CCC(NC(=O)OC(C)(C)C)C1.I. The maximum absolute atomic E-state index is 11.8. The van der Waals surface area contributed by atoms with Crippen LogP contribution in [0.2, 0.25) is 0 Å². The maximum Gasteiger partial charge on any atom is 0.407 e. The number of halogens is 1. The summed E-state index contributed by atoms with van der Waals surface area (Å²) in [7, 11) is 1.72. The van der Waals surface area contributed by atoms with Gasteiger partial charge in [0.1, 0.15) is 5.60 Å². The molecule has 0 saturated carbocycles. The van der Waals surface area contributed by atoms with Crippen LogP contribution >= 0.6 is 24.0 Å². The molecule has 1 aromatic heterocycles. The van der Waals surface area contributed by atoms with Crippen molar-refractivity contribution in [3.8, 4) is 0 Å². The van der Waals surface area contributed by atoms with E-state index in [0.29, 0.717) is 24.8 Å². The summed E-state index contributed by atoms with van der Waals surface area (Å²) < 4.78 is 10.2. The van der Waals surface area contributed by atoms with Gasteiger partial charge >= 0.3 is 6.09 Å². The first-order valence-corrected chi connectivity index (χ1v) is 8.01. The number of hydrogen-bond donors (Lipinski definition) is 2. The fourth-order valence-corrected chi connectivity index (χ4v) is 2.45. The summed E-state index contributed by atoms with van der Waals surface area (Å²) in [5.74, 6) is 1.85. The van der Waals surface area contributed by atoms with Gasteiger partial charge in [0.05, 0.1) is 12.6 Å². The molecule has 1 unspecified atom stereocenters. The van der Waals surface area contributed by atoms with E-state index < -0.39 is 5.60 Å². The van der Waals surface area contributed by atoms with Crippen molar-refractivity contribution in [2.24, 2.45) is 4.99 Å². The number of aliphatic imine (C=N–C) groups is 1. The molecule has 2 heterocycles. The van der Waals surface area contributed by atoms with Crippen LogP contribution in [0.3, 0.4) is 0 Å². The van der Waals surface area contributed by atoms with E-state index in [1.807, 2.05) is 20.8 Å². The minimum absolute atomic E-state index is 0. The Morgan fingerprint density at radius 1 is 1.48 bits per heavy atom. The number of likely N-dealkylation sites (tertiary alicyclic amines) is 1. The number of hydrogen-bond acceptors (Lipinski definition) is 6. The van der Waals surface area contributed by atoms with Gasteiger partial charge in [0.25, 0.3) is 0 Å². The van der Waals surface area contributed by atoms with Gasteiger partial charge in [-0.1, -0.05) is 5.16 Å². The summed E-state index contributed by atoms with van der Waals surface area (Å²) in [6.45, 7) is 9.19. The number of guanidine groups is 1.